The molecule has 2 aliphatic heterocycles. The van der Waals surface area contributed by atoms with Gasteiger partial charge in [-0.3, -0.25) is 5.32 Å². The molecule has 2 aliphatic rings. The van der Waals surface area contributed by atoms with Gasteiger partial charge in [-0.2, -0.15) is 0 Å². The minimum absolute atomic E-state index is 0.0144. The van der Waals surface area contributed by atoms with Crippen LogP contribution in [0.15, 0.2) is 18.2 Å². The summed E-state index contributed by atoms with van der Waals surface area (Å²) in [6, 6.07) is 5.36. The molecule has 6 heteroatoms. The maximum absolute atomic E-state index is 13.0. The summed E-state index contributed by atoms with van der Waals surface area (Å²) in [7, 11) is 3.91. The van der Waals surface area contributed by atoms with Crippen LogP contribution >= 0.6 is 0 Å². The Morgan fingerprint density at radius 2 is 2.05 bits per heavy atom. The third-order valence-electron chi connectivity index (χ3n) is 4.75. The minimum Gasteiger partial charge on any atom is -0.446 e. The van der Waals surface area contributed by atoms with E-state index in [9.17, 15) is 9.18 Å². The number of carbonyl (C=O) groups excluding carboxylic acids is 1. The normalized spacial score (nSPS) is 28.4. The number of hydrogen-bond acceptors (Lipinski definition) is 3. The molecule has 0 spiro atoms. The van der Waals surface area contributed by atoms with Crippen LogP contribution in [-0.2, 0) is 4.74 Å². The molecular formula is C15H20BFN2O2. The zero-order valence-corrected chi connectivity index (χ0v) is 12.4. The smallest absolute Gasteiger partial charge is 0.411 e. The van der Waals surface area contributed by atoms with Gasteiger partial charge < -0.3 is 9.64 Å². The first-order valence-corrected chi connectivity index (χ1v) is 7.48. The Balaban J connectivity index is 1.57. The summed E-state index contributed by atoms with van der Waals surface area (Å²) in [5.41, 5.74) is 1.28. The van der Waals surface area contributed by atoms with Gasteiger partial charge in [0.05, 0.1) is 0 Å². The number of nitrogens with zero attached hydrogens (tertiary/aromatic N) is 1. The van der Waals surface area contributed by atoms with E-state index in [1.807, 2.05) is 0 Å². The van der Waals surface area contributed by atoms with Crippen molar-refractivity contribution in [1.82, 2.24) is 4.90 Å². The quantitative estimate of drug-likeness (QED) is 0.834. The molecule has 1 aromatic rings. The zero-order chi connectivity index (χ0) is 15.0. The van der Waals surface area contributed by atoms with Crippen molar-refractivity contribution in [3.63, 3.8) is 0 Å². The second-order valence-electron chi connectivity index (χ2n) is 6.13. The van der Waals surface area contributed by atoms with E-state index in [0.29, 0.717) is 23.2 Å². The summed E-state index contributed by atoms with van der Waals surface area (Å²) in [5, 5.41) is 2.70. The average Bonchev–Trinajstić information content (AvgIpc) is 2.64. The Bertz CT molecular complexity index is 540. The van der Waals surface area contributed by atoms with Gasteiger partial charge in [-0.1, -0.05) is 5.46 Å². The van der Waals surface area contributed by atoms with Crippen LogP contribution in [0, 0.1) is 5.82 Å². The van der Waals surface area contributed by atoms with Crippen LogP contribution in [0.1, 0.15) is 25.7 Å². The van der Waals surface area contributed by atoms with Gasteiger partial charge in [-0.15, -0.1) is 0 Å². The average molecular weight is 290 g/mol. The predicted molar refractivity (Wildman–Crippen MR) is 82.3 cm³/mol. The first-order chi connectivity index (χ1) is 10.0. The Morgan fingerprint density at radius 1 is 1.38 bits per heavy atom. The highest BCUT2D eigenvalue weighted by atomic mass is 19.1. The van der Waals surface area contributed by atoms with Crippen LogP contribution in [0.2, 0.25) is 0 Å². The molecule has 0 unspecified atom stereocenters. The SMILES string of the molecule is Bc1cc(F)ccc1NC(=O)O[C@H]1C[C@H]2CC[C@@H](C1)N2C. The number of piperidine rings is 1. The van der Waals surface area contributed by atoms with E-state index in [-0.39, 0.29) is 11.9 Å². The fraction of sp³-hybridized carbons (Fsp3) is 0.533. The Labute approximate surface area is 125 Å². The van der Waals surface area contributed by atoms with Crippen molar-refractivity contribution >= 4 is 25.1 Å². The summed E-state index contributed by atoms with van der Waals surface area (Å²) in [6.07, 6.45) is 3.74. The highest BCUT2D eigenvalue weighted by Gasteiger charge is 2.39. The molecule has 2 saturated heterocycles. The van der Waals surface area contributed by atoms with E-state index in [1.165, 1.54) is 25.0 Å². The lowest BCUT2D eigenvalue weighted by molar-refractivity contribution is 0.0348. The van der Waals surface area contributed by atoms with Gasteiger partial charge in [0.2, 0.25) is 0 Å². The number of amides is 1. The van der Waals surface area contributed by atoms with Crippen molar-refractivity contribution < 1.29 is 13.9 Å². The van der Waals surface area contributed by atoms with Gasteiger partial charge in [0.25, 0.3) is 0 Å². The topological polar surface area (TPSA) is 41.6 Å². The van der Waals surface area contributed by atoms with Crippen LogP contribution in [0.4, 0.5) is 14.9 Å². The molecule has 1 N–H and O–H groups in total. The summed E-state index contributed by atoms with van der Waals surface area (Å²) in [6.45, 7) is 0. The third kappa shape index (κ3) is 3.05. The van der Waals surface area contributed by atoms with Gasteiger partial charge >= 0.3 is 6.09 Å². The molecule has 3 atom stereocenters. The second-order valence-corrected chi connectivity index (χ2v) is 6.13. The number of rotatable bonds is 2. The number of ether oxygens (including phenoxy) is 1. The number of nitrogens with one attached hydrogen (secondary N) is 1. The molecule has 0 saturated carbocycles. The molecular weight excluding hydrogens is 270 g/mol. The zero-order valence-electron chi connectivity index (χ0n) is 12.4. The molecule has 0 aliphatic carbocycles. The van der Waals surface area contributed by atoms with Gasteiger partial charge in [-0.25, -0.2) is 9.18 Å². The monoisotopic (exact) mass is 290 g/mol. The molecule has 2 heterocycles. The fourth-order valence-electron chi connectivity index (χ4n) is 3.52. The van der Waals surface area contributed by atoms with Crippen molar-refractivity contribution in [2.75, 3.05) is 12.4 Å². The molecule has 2 fully saturated rings. The minimum atomic E-state index is -0.446. The number of carbonyl (C=O) groups is 1. The number of fused-ring (bicyclic) bond motifs is 2. The molecule has 4 nitrogen and oxygen atoms in total. The van der Waals surface area contributed by atoms with Crippen molar-refractivity contribution in [3.05, 3.63) is 24.0 Å². The van der Waals surface area contributed by atoms with E-state index in [4.69, 9.17) is 4.74 Å². The van der Waals surface area contributed by atoms with Crippen LogP contribution in [-0.4, -0.2) is 44.1 Å². The maximum Gasteiger partial charge on any atom is 0.411 e. The van der Waals surface area contributed by atoms with E-state index in [2.05, 4.69) is 17.3 Å². The number of halogens is 1. The Kier molecular flexibility index (Phi) is 3.89. The van der Waals surface area contributed by atoms with E-state index < -0.39 is 6.09 Å². The van der Waals surface area contributed by atoms with Crippen LogP contribution in [0.5, 0.6) is 0 Å². The van der Waals surface area contributed by atoms with Crippen molar-refractivity contribution in [3.8, 4) is 0 Å². The molecule has 0 radical (unpaired) electrons. The standard InChI is InChI=1S/C15H20BFN2O2/c1-19-10-3-4-11(19)8-12(7-10)21-15(20)18-14-5-2-9(17)6-13(14)16/h2,5-6,10-12H,3-4,7-8,16H2,1H3,(H,18,20)/t10-,11+,12+. The van der Waals surface area contributed by atoms with Gasteiger partial charge in [0, 0.05) is 30.6 Å². The molecule has 1 aromatic carbocycles. The summed E-state index contributed by atoms with van der Waals surface area (Å²) in [5.74, 6) is -0.307. The van der Waals surface area contributed by atoms with Crippen LogP contribution < -0.4 is 10.8 Å². The second kappa shape index (κ2) is 5.68. The summed E-state index contributed by atoms with van der Waals surface area (Å²) in [4.78, 5) is 14.4. The van der Waals surface area contributed by atoms with Crippen molar-refractivity contribution in [1.29, 1.82) is 0 Å². The summed E-state index contributed by atoms with van der Waals surface area (Å²) >= 11 is 0. The Hall–Kier alpha value is -1.56. The number of hydrogen-bond donors (Lipinski definition) is 1. The lowest BCUT2D eigenvalue weighted by atomic mass is 9.94. The molecule has 1 amide bonds. The molecule has 3 rings (SSSR count). The van der Waals surface area contributed by atoms with E-state index >= 15 is 0 Å². The van der Waals surface area contributed by atoms with Crippen molar-refractivity contribution in [2.45, 2.75) is 43.9 Å². The maximum atomic E-state index is 13.0. The van der Waals surface area contributed by atoms with Gasteiger partial charge in [0.1, 0.15) is 19.8 Å². The number of benzene rings is 1. The molecule has 21 heavy (non-hydrogen) atoms. The lowest BCUT2D eigenvalue weighted by Crippen LogP contribution is -2.43. The fourth-order valence-corrected chi connectivity index (χ4v) is 3.52. The van der Waals surface area contributed by atoms with E-state index in [0.717, 1.165) is 12.8 Å². The first kappa shape index (κ1) is 14.4. The summed E-state index contributed by atoms with van der Waals surface area (Å²) < 4.78 is 18.6. The first-order valence-electron chi connectivity index (χ1n) is 7.48. The van der Waals surface area contributed by atoms with Gasteiger partial charge in [0.15, 0.2) is 0 Å². The molecule has 2 bridgehead atoms. The largest absolute Gasteiger partial charge is 0.446 e. The van der Waals surface area contributed by atoms with Crippen LogP contribution in [0.3, 0.4) is 0 Å². The predicted octanol–water partition coefficient (Wildman–Crippen LogP) is 1.26. The highest BCUT2D eigenvalue weighted by Crippen LogP contribution is 2.35. The van der Waals surface area contributed by atoms with Gasteiger partial charge in [-0.05, 0) is 38.1 Å². The number of anilines is 1. The Morgan fingerprint density at radius 3 is 2.67 bits per heavy atom. The molecule has 0 aromatic heterocycles. The third-order valence-corrected chi connectivity index (χ3v) is 4.75. The van der Waals surface area contributed by atoms with E-state index in [1.54, 1.807) is 13.9 Å². The van der Waals surface area contributed by atoms with Crippen molar-refractivity contribution in [2.24, 2.45) is 0 Å². The lowest BCUT2D eigenvalue weighted by Gasteiger charge is -2.35. The van der Waals surface area contributed by atoms with Crippen LogP contribution in [0.25, 0.3) is 0 Å². The molecule has 112 valence electrons. The highest BCUT2D eigenvalue weighted by molar-refractivity contribution is 6.36.